The first-order valence-corrected chi connectivity index (χ1v) is 9.10. The molecule has 2 atom stereocenters. The van der Waals surface area contributed by atoms with Crippen molar-refractivity contribution in [2.24, 2.45) is 5.92 Å². The van der Waals surface area contributed by atoms with Crippen molar-refractivity contribution in [2.75, 3.05) is 13.1 Å². The van der Waals surface area contributed by atoms with Gasteiger partial charge in [-0.15, -0.1) is 0 Å². The quantitative estimate of drug-likeness (QED) is 0.719. The molecule has 0 aromatic heterocycles. The molecule has 1 saturated heterocycles. The summed E-state index contributed by atoms with van der Waals surface area (Å²) in [7, 11) is 0. The van der Waals surface area contributed by atoms with E-state index in [0.29, 0.717) is 4.48 Å². The molecule has 1 aliphatic carbocycles. The fourth-order valence-corrected chi connectivity index (χ4v) is 4.09. The molecule has 1 fully saturated rings. The summed E-state index contributed by atoms with van der Waals surface area (Å²) in [6, 6.07) is -0.278. The van der Waals surface area contributed by atoms with E-state index in [-0.39, 0.29) is 17.4 Å². The minimum absolute atomic E-state index is 0.0840. The number of hydrogen-bond donors (Lipinski definition) is 1. The number of aliphatic hydroxyl groups is 1. The molecule has 0 bridgehead atoms. The van der Waals surface area contributed by atoms with Gasteiger partial charge in [0, 0.05) is 19.9 Å². The zero-order chi connectivity index (χ0) is 17.5. The van der Waals surface area contributed by atoms with Crippen LogP contribution in [-0.2, 0) is 19.1 Å². The van der Waals surface area contributed by atoms with Crippen LogP contribution in [0.3, 0.4) is 0 Å². The molecule has 3 aliphatic rings. The average molecular weight is 400 g/mol. The fourth-order valence-electron chi connectivity index (χ4n) is 3.58. The summed E-state index contributed by atoms with van der Waals surface area (Å²) in [4.78, 5) is 27.3. The van der Waals surface area contributed by atoms with Crippen molar-refractivity contribution in [3.05, 3.63) is 22.1 Å². The second-order valence-electron chi connectivity index (χ2n) is 6.91. The molecule has 0 saturated carbocycles. The van der Waals surface area contributed by atoms with E-state index in [0.717, 1.165) is 25.9 Å². The van der Waals surface area contributed by atoms with Crippen LogP contribution in [0.5, 0.6) is 0 Å². The van der Waals surface area contributed by atoms with Gasteiger partial charge in [0.1, 0.15) is 5.57 Å². The van der Waals surface area contributed by atoms with Gasteiger partial charge in [-0.1, -0.05) is 12.8 Å². The number of hydrogen-bond acceptors (Lipinski definition) is 6. The van der Waals surface area contributed by atoms with Crippen molar-refractivity contribution in [2.45, 2.75) is 51.4 Å². The van der Waals surface area contributed by atoms with Crippen molar-refractivity contribution in [1.29, 1.82) is 0 Å². The van der Waals surface area contributed by atoms with Crippen molar-refractivity contribution in [3.8, 4) is 0 Å². The Bertz CT molecular complexity index is 616. The Morgan fingerprint density at radius 3 is 2.38 bits per heavy atom. The van der Waals surface area contributed by atoms with Crippen molar-refractivity contribution in [3.63, 3.8) is 0 Å². The maximum atomic E-state index is 12.6. The number of cyclic esters (lactones) is 1. The summed E-state index contributed by atoms with van der Waals surface area (Å²) >= 11 is 3.29. The van der Waals surface area contributed by atoms with E-state index in [9.17, 15) is 14.7 Å². The van der Waals surface area contributed by atoms with E-state index in [2.05, 4.69) is 20.8 Å². The predicted octanol–water partition coefficient (Wildman–Crippen LogP) is 2.79. The number of carbonyl (C=O) groups excluding carboxylic acids is 2. The molecule has 0 aromatic carbocycles. The number of rotatable bonds is 2. The minimum atomic E-state index is -1.24. The van der Waals surface area contributed by atoms with Crippen LogP contribution >= 0.6 is 15.9 Å². The Labute approximate surface area is 149 Å². The summed E-state index contributed by atoms with van der Waals surface area (Å²) in [5.41, 5.74) is -0.0840. The maximum absolute atomic E-state index is 12.6. The molecular formula is C17H22BrNO5. The SMILES string of the molecule is CC1(C)OC(=O)C([C@H]2C(=O)C(Br)=C[C@H]2N2CCCCCC2)=C(O)O1. The van der Waals surface area contributed by atoms with Crippen LogP contribution in [0, 0.1) is 5.92 Å². The number of Topliss-reactive ketones (excluding diaryl/α,β-unsaturated/α-hetero) is 1. The number of likely N-dealkylation sites (tertiary alicyclic amines) is 1. The molecular weight excluding hydrogens is 378 g/mol. The molecule has 1 N–H and O–H groups in total. The topological polar surface area (TPSA) is 76.1 Å². The van der Waals surface area contributed by atoms with E-state index in [1.807, 2.05) is 6.08 Å². The van der Waals surface area contributed by atoms with Gasteiger partial charge >= 0.3 is 5.97 Å². The molecule has 132 valence electrons. The monoisotopic (exact) mass is 399 g/mol. The molecule has 0 amide bonds. The lowest BCUT2D eigenvalue weighted by molar-refractivity contribution is -0.223. The molecule has 0 aromatic rings. The number of esters is 1. The van der Waals surface area contributed by atoms with Gasteiger partial charge < -0.3 is 14.6 Å². The molecule has 24 heavy (non-hydrogen) atoms. The third-order valence-electron chi connectivity index (χ3n) is 4.68. The van der Waals surface area contributed by atoms with E-state index >= 15 is 0 Å². The predicted molar refractivity (Wildman–Crippen MR) is 90.2 cm³/mol. The summed E-state index contributed by atoms with van der Waals surface area (Å²) < 4.78 is 11.0. The first-order valence-electron chi connectivity index (χ1n) is 8.31. The zero-order valence-corrected chi connectivity index (χ0v) is 15.5. The normalized spacial score (nSPS) is 31.4. The smallest absolute Gasteiger partial charge is 0.345 e. The number of nitrogens with zero attached hydrogens (tertiary/aromatic N) is 1. The van der Waals surface area contributed by atoms with Crippen LogP contribution < -0.4 is 0 Å². The highest BCUT2D eigenvalue weighted by Crippen LogP contribution is 2.39. The summed E-state index contributed by atoms with van der Waals surface area (Å²) in [5, 5.41) is 10.3. The van der Waals surface area contributed by atoms with Crippen LogP contribution in [-0.4, -0.2) is 46.7 Å². The van der Waals surface area contributed by atoms with E-state index in [1.54, 1.807) is 0 Å². The van der Waals surface area contributed by atoms with Gasteiger partial charge in [-0.3, -0.25) is 9.69 Å². The van der Waals surface area contributed by atoms with Gasteiger partial charge in [0.05, 0.1) is 10.4 Å². The van der Waals surface area contributed by atoms with Gasteiger partial charge in [-0.25, -0.2) is 4.79 Å². The standard InChI is InChI=1S/C17H22BrNO5/c1-17(2)23-15(21)13(16(22)24-17)12-11(9-10(18)14(12)20)19-7-5-3-4-6-8-19/h9,11-12,21H,3-8H2,1-2H3/t11-,12+/m1/s1. The highest BCUT2D eigenvalue weighted by Gasteiger charge is 2.49. The van der Waals surface area contributed by atoms with Crippen LogP contribution in [0.2, 0.25) is 0 Å². The Morgan fingerprint density at radius 1 is 1.17 bits per heavy atom. The Kier molecular flexibility index (Phi) is 4.75. The molecule has 0 radical (unpaired) electrons. The molecule has 0 unspecified atom stereocenters. The molecule has 2 aliphatic heterocycles. The molecule has 0 spiro atoms. The summed E-state index contributed by atoms with van der Waals surface area (Å²) in [6.45, 7) is 4.80. The Hall–Kier alpha value is -1.34. The molecule has 7 heteroatoms. The molecule has 6 nitrogen and oxygen atoms in total. The van der Waals surface area contributed by atoms with E-state index < -0.39 is 23.6 Å². The van der Waals surface area contributed by atoms with Gasteiger partial charge in [0.2, 0.25) is 0 Å². The van der Waals surface area contributed by atoms with Crippen LogP contribution in [0.15, 0.2) is 22.1 Å². The number of halogens is 1. The fraction of sp³-hybridized carbons (Fsp3) is 0.647. The molecule has 3 rings (SSSR count). The summed E-state index contributed by atoms with van der Waals surface area (Å²) in [6.07, 6.45) is 6.27. The Morgan fingerprint density at radius 2 is 1.79 bits per heavy atom. The second kappa shape index (κ2) is 6.52. The largest absolute Gasteiger partial charge is 0.480 e. The van der Waals surface area contributed by atoms with E-state index in [1.165, 1.54) is 26.7 Å². The van der Waals surface area contributed by atoms with Gasteiger partial charge in [0.15, 0.2) is 5.78 Å². The highest BCUT2D eigenvalue weighted by molar-refractivity contribution is 9.12. The van der Waals surface area contributed by atoms with Crippen LogP contribution in [0.4, 0.5) is 0 Å². The number of aliphatic hydroxyl groups excluding tert-OH is 1. The zero-order valence-electron chi connectivity index (χ0n) is 13.9. The van der Waals surface area contributed by atoms with Gasteiger partial charge in [-0.05, 0) is 47.9 Å². The second-order valence-corrected chi connectivity index (χ2v) is 7.76. The van der Waals surface area contributed by atoms with Crippen molar-refractivity contribution < 1.29 is 24.2 Å². The van der Waals surface area contributed by atoms with Gasteiger partial charge in [0.25, 0.3) is 11.7 Å². The lowest BCUT2D eigenvalue weighted by Crippen LogP contribution is -2.46. The van der Waals surface area contributed by atoms with Crippen molar-refractivity contribution in [1.82, 2.24) is 4.90 Å². The van der Waals surface area contributed by atoms with Crippen LogP contribution in [0.25, 0.3) is 0 Å². The Balaban J connectivity index is 1.95. The van der Waals surface area contributed by atoms with Crippen LogP contribution in [0.1, 0.15) is 39.5 Å². The van der Waals surface area contributed by atoms with Gasteiger partial charge in [-0.2, -0.15) is 0 Å². The number of ketones is 1. The third kappa shape index (κ3) is 3.24. The number of allylic oxidation sites excluding steroid dienone is 1. The maximum Gasteiger partial charge on any atom is 0.345 e. The third-order valence-corrected chi connectivity index (χ3v) is 5.34. The number of ether oxygens (including phenoxy) is 2. The lowest BCUT2D eigenvalue weighted by Gasteiger charge is -2.35. The number of carbonyl (C=O) groups is 2. The van der Waals surface area contributed by atoms with E-state index in [4.69, 9.17) is 9.47 Å². The van der Waals surface area contributed by atoms with Crippen molar-refractivity contribution >= 4 is 27.7 Å². The highest BCUT2D eigenvalue weighted by atomic mass is 79.9. The average Bonchev–Trinajstić information content (AvgIpc) is 2.69. The lowest BCUT2D eigenvalue weighted by atomic mass is 9.90. The first kappa shape index (κ1) is 17.5. The minimum Gasteiger partial charge on any atom is -0.480 e. The summed E-state index contributed by atoms with van der Waals surface area (Å²) in [5.74, 6) is -3.48. The first-order chi connectivity index (χ1) is 11.3. The molecule has 2 heterocycles.